The molecule has 0 amide bonds. The quantitative estimate of drug-likeness (QED) is 0.382. The predicted octanol–water partition coefficient (Wildman–Crippen LogP) is 3.59. The maximum Gasteiger partial charge on any atom is 0.179 e. The highest BCUT2D eigenvalue weighted by atomic mass is 35.5. The van der Waals surface area contributed by atoms with Crippen LogP contribution in [0.1, 0.15) is 5.56 Å². The van der Waals surface area contributed by atoms with Gasteiger partial charge in [0.25, 0.3) is 0 Å². The zero-order valence-electron chi connectivity index (χ0n) is 15.2. The van der Waals surface area contributed by atoms with Gasteiger partial charge in [0.1, 0.15) is 0 Å². The molecule has 3 heteroatoms. The van der Waals surface area contributed by atoms with Crippen molar-refractivity contribution < 1.29 is 0 Å². The summed E-state index contributed by atoms with van der Waals surface area (Å²) in [7, 11) is -2.61. The fourth-order valence-corrected chi connectivity index (χ4v) is 9.08. The van der Waals surface area contributed by atoms with E-state index < -0.39 is 8.07 Å². The lowest BCUT2D eigenvalue weighted by Gasteiger charge is -2.34. The Labute approximate surface area is 171 Å². The Kier molecular flexibility index (Phi) is 5.12. The second-order valence-corrected chi connectivity index (χ2v) is 10.9. The maximum absolute atomic E-state index is 9.57. The van der Waals surface area contributed by atoms with Crippen molar-refractivity contribution in [3.05, 3.63) is 120 Å². The van der Waals surface area contributed by atoms with E-state index in [4.69, 9.17) is 11.6 Å². The summed E-state index contributed by atoms with van der Waals surface area (Å²) in [5, 5.41) is 15.1. The van der Waals surface area contributed by atoms with Crippen LogP contribution in [-0.2, 0) is 0 Å². The molecule has 0 aliphatic heterocycles. The van der Waals surface area contributed by atoms with Gasteiger partial charge in [0.2, 0.25) is 0 Å². The summed E-state index contributed by atoms with van der Waals surface area (Å²) < 4.78 is 0. The van der Waals surface area contributed by atoms with E-state index in [1.165, 1.54) is 15.6 Å². The lowest BCUT2D eigenvalue weighted by Crippen LogP contribution is -2.74. The molecule has 0 fully saturated rings. The third-order valence-electron chi connectivity index (χ3n) is 5.08. The minimum atomic E-state index is -2.61. The third-order valence-corrected chi connectivity index (χ3v) is 10.1. The molecule has 0 aliphatic carbocycles. The van der Waals surface area contributed by atoms with Gasteiger partial charge in [-0.05, 0) is 38.9 Å². The molecule has 0 saturated carbocycles. The molecule has 0 atom stereocenters. The number of benzene rings is 4. The molecular weight excluding hydrogens is 378 g/mol. The molecule has 0 unspecified atom stereocenters. The smallest absolute Gasteiger partial charge is 0.179 e. The molecule has 134 valence electrons. The van der Waals surface area contributed by atoms with Gasteiger partial charge >= 0.3 is 0 Å². The normalized spacial score (nSPS) is 11.0. The summed E-state index contributed by atoms with van der Waals surface area (Å²) in [5.74, 6) is 0. The van der Waals surface area contributed by atoms with Crippen LogP contribution in [0.25, 0.3) is 0 Å². The first-order chi connectivity index (χ1) is 13.7. The van der Waals surface area contributed by atoms with Crippen molar-refractivity contribution in [3.63, 3.8) is 0 Å². The van der Waals surface area contributed by atoms with Crippen LogP contribution in [0.4, 0.5) is 0 Å². The standard InChI is InChI=1S/C25H18ClNSi/c26-21-16-20(19-27)17-25(18-21)28(22-10-4-1-5-11-22,23-12-6-2-7-13-23)24-14-8-3-9-15-24/h1-18H. The van der Waals surface area contributed by atoms with Gasteiger partial charge in [0.05, 0.1) is 11.6 Å². The monoisotopic (exact) mass is 395 g/mol. The summed E-state index contributed by atoms with van der Waals surface area (Å²) in [5.41, 5.74) is 0.585. The van der Waals surface area contributed by atoms with Crippen LogP contribution >= 0.6 is 11.6 Å². The molecule has 4 aromatic rings. The number of halogens is 1. The molecule has 4 rings (SSSR count). The molecule has 0 bridgehead atoms. The zero-order chi connectivity index (χ0) is 19.4. The summed E-state index contributed by atoms with van der Waals surface area (Å²) >= 11 is 6.47. The Balaban J connectivity index is 2.17. The Hall–Kier alpha value is -3.12. The van der Waals surface area contributed by atoms with Crippen molar-refractivity contribution in [1.82, 2.24) is 0 Å². The van der Waals surface area contributed by atoms with Gasteiger partial charge < -0.3 is 0 Å². The predicted molar refractivity (Wildman–Crippen MR) is 120 cm³/mol. The van der Waals surface area contributed by atoms with Crippen molar-refractivity contribution in [2.24, 2.45) is 0 Å². The van der Waals surface area contributed by atoms with Crippen molar-refractivity contribution >= 4 is 40.4 Å². The first-order valence-corrected chi connectivity index (χ1v) is 11.5. The molecule has 0 radical (unpaired) electrons. The van der Waals surface area contributed by atoms with E-state index in [2.05, 4.69) is 78.9 Å². The molecule has 0 aromatic heterocycles. The molecule has 28 heavy (non-hydrogen) atoms. The highest BCUT2D eigenvalue weighted by Gasteiger charge is 2.41. The van der Waals surface area contributed by atoms with E-state index in [0.29, 0.717) is 10.6 Å². The third kappa shape index (κ3) is 3.16. The summed E-state index contributed by atoms with van der Waals surface area (Å²) in [6, 6.07) is 39.8. The van der Waals surface area contributed by atoms with Crippen LogP contribution in [0.15, 0.2) is 109 Å². The molecule has 0 heterocycles. The highest BCUT2D eigenvalue weighted by Crippen LogP contribution is 2.15. The molecule has 4 aromatic carbocycles. The highest BCUT2D eigenvalue weighted by molar-refractivity contribution is 7.19. The summed E-state index contributed by atoms with van der Waals surface area (Å²) in [6.07, 6.45) is 0. The van der Waals surface area contributed by atoms with E-state index >= 15 is 0 Å². The van der Waals surface area contributed by atoms with E-state index in [-0.39, 0.29) is 0 Å². The topological polar surface area (TPSA) is 23.8 Å². The van der Waals surface area contributed by atoms with E-state index in [1.54, 1.807) is 6.07 Å². The van der Waals surface area contributed by atoms with Crippen LogP contribution in [0.5, 0.6) is 0 Å². The fraction of sp³-hybridized carbons (Fsp3) is 0. The Bertz CT molecular complexity index is 1020. The van der Waals surface area contributed by atoms with Crippen LogP contribution < -0.4 is 20.7 Å². The van der Waals surface area contributed by atoms with E-state index in [9.17, 15) is 5.26 Å². The van der Waals surface area contributed by atoms with Gasteiger partial charge in [-0.3, -0.25) is 0 Å². The van der Waals surface area contributed by atoms with Gasteiger partial charge in [-0.1, -0.05) is 103 Å². The van der Waals surface area contributed by atoms with Crippen LogP contribution in [0.2, 0.25) is 5.02 Å². The average Bonchev–Trinajstić information content (AvgIpc) is 2.76. The molecule has 0 spiro atoms. The van der Waals surface area contributed by atoms with Gasteiger partial charge in [0, 0.05) is 5.02 Å². The van der Waals surface area contributed by atoms with Crippen molar-refractivity contribution in [3.8, 4) is 6.07 Å². The first-order valence-electron chi connectivity index (χ1n) is 9.13. The SMILES string of the molecule is N#Cc1cc(Cl)cc([Si](c2ccccc2)(c2ccccc2)c2ccccc2)c1. The van der Waals surface area contributed by atoms with Gasteiger partial charge in [-0.2, -0.15) is 5.26 Å². The van der Waals surface area contributed by atoms with Crippen molar-refractivity contribution in [2.45, 2.75) is 0 Å². The van der Waals surface area contributed by atoms with E-state index in [1.807, 2.05) is 30.3 Å². The second kappa shape index (κ2) is 7.86. The van der Waals surface area contributed by atoms with Crippen LogP contribution in [-0.4, -0.2) is 8.07 Å². The van der Waals surface area contributed by atoms with Gasteiger partial charge in [-0.25, -0.2) is 0 Å². The average molecular weight is 396 g/mol. The lowest BCUT2D eigenvalue weighted by atomic mass is 10.2. The Morgan fingerprint density at radius 2 is 1.00 bits per heavy atom. The van der Waals surface area contributed by atoms with Gasteiger partial charge in [-0.15, -0.1) is 0 Å². The minimum Gasteiger partial charge on any atom is -0.192 e. The van der Waals surface area contributed by atoms with Crippen molar-refractivity contribution in [2.75, 3.05) is 0 Å². The lowest BCUT2D eigenvalue weighted by molar-refractivity contribution is 1.49. The Morgan fingerprint density at radius 1 is 0.571 bits per heavy atom. The molecule has 0 aliphatic rings. The van der Waals surface area contributed by atoms with E-state index in [0.717, 1.165) is 5.19 Å². The zero-order valence-corrected chi connectivity index (χ0v) is 17.0. The number of nitriles is 1. The number of hydrogen-bond donors (Lipinski definition) is 0. The molecule has 0 N–H and O–H groups in total. The summed E-state index contributed by atoms with van der Waals surface area (Å²) in [4.78, 5) is 0. The minimum absolute atomic E-state index is 0.585. The van der Waals surface area contributed by atoms with Crippen molar-refractivity contribution in [1.29, 1.82) is 5.26 Å². The summed E-state index contributed by atoms with van der Waals surface area (Å²) in [6.45, 7) is 0. The molecular formula is C25H18ClNSi. The number of hydrogen-bond acceptors (Lipinski definition) is 1. The van der Waals surface area contributed by atoms with Crippen LogP contribution in [0, 0.1) is 11.3 Å². The molecule has 0 saturated heterocycles. The number of rotatable bonds is 4. The maximum atomic E-state index is 9.57. The van der Waals surface area contributed by atoms with Gasteiger partial charge in [0.15, 0.2) is 8.07 Å². The second-order valence-electron chi connectivity index (χ2n) is 6.69. The number of nitrogens with zero attached hydrogens (tertiary/aromatic N) is 1. The fourth-order valence-electron chi connectivity index (χ4n) is 3.94. The molecule has 1 nitrogen and oxygen atoms in total. The first kappa shape index (κ1) is 18.2. The largest absolute Gasteiger partial charge is 0.192 e. The van der Waals surface area contributed by atoms with Crippen LogP contribution in [0.3, 0.4) is 0 Å². The Morgan fingerprint density at radius 3 is 1.39 bits per heavy atom.